The second kappa shape index (κ2) is 7.92. The number of furan rings is 1. The molecule has 0 radical (unpaired) electrons. The molecule has 0 bridgehead atoms. The van der Waals surface area contributed by atoms with Crippen molar-refractivity contribution >= 4 is 34.7 Å². The normalized spacial score (nSPS) is 12.7. The van der Waals surface area contributed by atoms with Crippen LogP contribution in [-0.2, 0) is 24.3 Å². The number of nitrogens with one attached hydrogen (secondary N) is 1. The molecule has 4 heterocycles. The zero-order chi connectivity index (χ0) is 21.4. The van der Waals surface area contributed by atoms with E-state index in [4.69, 9.17) is 4.42 Å². The van der Waals surface area contributed by atoms with Crippen LogP contribution in [0.25, 0.3) is 0 Å². The minimum atomic E-state index is -0.141. The van der Waals surface area contributed by atoms with E-state index in [0.29, 0.717) is 36.6 Å². The van der Waals surface area contributed by atoms with Gasteiger partial charge in [0.25, 0.3) is 5.91 Å². The van der Waals surface area contributed by atoms with Crippen LogP contribution in [0.4, 0.5) is 11.6 Å². The van der Waals surface area contributed by atoms with Crippen molar-refractivity contribution < 1.29 is 14.0 Å². The highest BCUT2D eigenvalue weighted by molar-refractivity contribution is 7.10. The third kappa shape index (κ3) is 3.80. The van der Waals surface area contributed by atoms with E-state index in [9.17, 15) is 9.59 Å². The van der Waals surface area contributed by atoms with Crippen LogP contribution in [0.5, 0.6) is 0 Å². The van der Waals surface area contributed by atoms with Crippen molar-refractivity contribution in [3.8, 4) is 0 Å². The van der Waals surface area contributed by atoms with Gasteiger partial charge in [0.15, 0.2) is 0 Å². The summed E-state index contributed by atoms with van der Waals surface area (Å²) in [5.41, 5.74) is 4.25. The lowest BCUT2D eigenvalue weighted by atomic mass is 10.1. The molecule has 1 aliphatic rings. The van der Waals surface area contributed by atoms with E-state index >= 15 is 0 Å². The molecule has 0 fully saturated rings. The van der Waals surface area contributed by atoms with Gasteiger partial charge in [-0.15, -0.1) is 11.3 Å². The molecule has 0 atom stereocenters. The Morgan fingerprint density at radius 2 is 1.94 bits per heavy atom. The summed E-state index contributed by atoms with van der Waals surface area (Å²) < 4.78 is 7.78. The summed E-state index contributed by atoms with van der Waals surface area (Å²) in [6.07, 6.45) is 3.97. The molecule has 5 rings (SSSR count). The summed E-state index contributed by atoms with van der Waals surface area (Å²) in [6, 6.07) is 14.9. The van der Waals surface area contributed by atoms with E-state index in [0.717, 1.165) is 21.7 Å². The van der Waals surface area contributed by atoms with E-state index in [1.807, 2.05) is 42.8 Å². The number of hydrogen-bond donors (Lipinski definition) is 1. The minimum absolute atomic E-state index is 0.0749. The van der Waals surface area contributed by atoms with Crippen molar-refractivity contribution in [1.82, 2.24) is 4.57 Å². The lowest BCUT2D eigenvalue weighted by molar-refractivity contribution is -0.115. The van der Waals surface area contributed by atoms with Gasteiger partial charge in [0, 0.05) is 33.6 Å². The maximum atomic E-state index is 13.3. The first-order valence-corrected chi connectivity index (χ1v) is 10.9. The van der Waals surface area contributed by atoms with Crippen LogP contribution < -0.4 is 10.2 Å². The number of carbonyl (C=O) groups excluding carboxylic acids is 2. The number of aromatic nitrogens is 1. The molecule has 2 amide bonds. The topological polar surface area (TPSA) is 67.5 Å². The van der Waals surface area contributed by atoms with E-state index < -0.39 is 0 Å². The average molecular weight is 432 g/mol. The molecule has 1 aliphatic heterocycles. The Kier molecular flexibility index (Phi) is 4.95. The number of thiophene rings is 1. The quantitative estimate of drug-likeness (QED) is 0.503. The molecule has 7 heteroatoms. The average Bonchev–Trinajstić information content (AvgIpc) is 3.48. The molecule has 0 aliphatic carbocycles. The lowest BCUT2D eigenvalue weighted by Crippen LogP contribution is -2.30. The fraction of sp³-hybridized carbons (Fsp3) is 0.167. The van der Waals surface area contributed by atoms with E-state index in [1.54, 1.807) is 46.8 Å². The highest BCUT2D eigenvalue weighted by Gasteiger charge is 2.27. The number of fused-ring (bicyclic) bond motifs is 2. The Labute approximate surface area is 183 Å². The lowest BCUT2D eigenvalue weighted by Gasteiger charge is -2.19. The first-order chi connectivity index (χ1) is 15.1. The Bertz CT molecular complexity index is 1250. The van der Waals surface area contributed by atoms with Crippen LogP contribution in [0.1, 0.15) is 32.1 Å². The van der Waals surface area contributed by atoms with Gasteiger partial charge >= 0.3 is 0 Å². The Morgan fingerprint density at radius 1 is 1.10 bits per heavy atom. The number of anilines is 2. The van der Waals surface area contributed by atoms with Crippen LogP contribution in [-0.4, -0.2) is 16.4 Å². The van der Waals surface area contributed by atoms with Gasteiger partial charge in [0.1, 0.15) is 0 Å². The second-order valence-electron chi connectivity index (χ2n) is 7.57. The summed E-state index contributed by atoms with van der Waals surface area (Å²) in [5.74, 6) is 0.365. The van der Waals surface area contributed by atoms with Crippen LogP contribution >= 0.6 is 11.3 Å². The van der Waals surface area contributed by atoms with Crippen molar-refractivity contribution in [1.29, 1.82) is 0 Å². The standard InChI is InChI=1S/C24H21N3O3S/c1-16-18(9-12-31-16)13-22(28)25-20-6-4-17(5-7-20)23(29)27-15-21-3-2-10-26(21)14-19-8-11-30-24(19)27/h2-12H,13-15H2,1H3,(H,25,28). The maximum absolute atomic E-state index is 13.3. The second-order valence-corrected chi connectivity index (χ2v) is 8.69. The molecule has 0 unspecified atom stereocenters. The number of aryl methyl sites for hydroxylation is 1. The summed E-state index contributed by atoms with van der Waals surface area (Å²) in [5, 5.41) is 4.89. The third-order valence-corrected chi connectivity index (χ3v) is 6.42. The van der Waals surface area contributed by atoms with Gasteiger partial charge in [0.05, 0.1) is 25.8 Å². The maximum Gasteiger partial charge on any atom is 0.260 e. The summed E-state index contributed by atoms with van der Waals surface area (Å²) in [4.78, 5) is 28.5. The number of hydrogen-bond acceptors (Lipinski definition) is 4. The van der Waals surface area contributed by atoms with Gasteiger partial charge in [-0.25, -0.2) is 0 Å². The zero-order valence-electron chi connectivity index (χ0n) is 17.0. The summed E-state index contributed by atoms with van der Waals surface area (Å²) in [6.45, 7) is 3.12. The molecule has 6 nitrogen and oxygen atoms in total. The van der Waals surface area contributed by atoms with Gasteiger partial charge < -0.3 is 14.3 Å². The molecular weight excluding hydrogens is 410 g/mol. The van der Waals surface area contributed by atoms with Crippen molar-refractivity contribution in [2.45, 2.75) is 26.4 Å². The van der Waals surface area contributed by atoms with E-state index in [1.165, 1.54) is 0 Å². The van der Waals surface area contributed by atoms with E-state index in [2.05, 4.69) is 9.88 Å². The van der Waals surface area contributed by atoms with Gasteiger partial charge in [-0.1, -0.05) is 0 Å². The van der Waals surface area contributed by atoms with Crippen molar-refractivity contribution in [3.63, 3.8) is 0 Å². The third-order valence-electron chi connectivity index (χ3n) is 5.53. The largest absolute Gasteiger partial charge is 0.448 e. The highest BCUT2D eigenvalue weighted by Crippen LogP contribution is 2.30. The monoisotopic (exact) mass is 431 g/mol. The molecule has 31 heavy (non-hydrogen) atoms. The molecule has 0 saturated carbocycles. The predicted octanol–water partition coefficient (Wildman–Crippen LogP) is 4.84. The number of amides is 2. The molecule has 156 valence electrons. The van der Waals surface area contributed by atoms with Gasteiger partial charge in [0.2, 0.25) is 11.8 Å². The summed E-state index contributed by atoms with van der Waals surface area (Å²) in [7, 11) is 0. The molecule has 1 aromatic carbocycles. The van der Waals surface area contributed by atoms with Crippen LogP contribution in [0, 0.1) is 6.92 Å². The Balaban J connectivity index is 1.32. The molecular formula is C24H21N3O3S. The number of carbonyl (C=O) groups is 2. The minimum Gasteiger partial charge on any atom is -0.448 e. The van der Waals surface area contributed by atoms with Gasteiger partial charge in [-0.3, -0.25) is 14.5 Å². The fourth-order valence-corrected chi connectivity index (χ4v) is 4.57. The number of rotatable bonds is 4. The number of benzene rings is 1. The first kappa shape index (κ1) is 19.4. The van der Waals surface area contributed by atoms with Crippen LogP contribution in [0.3, 0.4) is 0 Å². The van der Waals surface area contributed by atoms with Crippen LogP contribution in [0.15, 0.2) is 70.8 Å². The van der Waals surface area contributed by atoms with Gasteiger partial charge in [-0.2, -0.15) is 0 Å². The number of nitrogens with zero attached hydrogens (tertiary/aromatic N) is 2. The molecule has 3 aromatic heterocycles. The Hall–Kier alpha value is -3.58. The molecule has 4 aromatic rings. The first-order valence-electron chi connectivity index (χ1n) is 10.0. The molecule has 0 saturated heterocycles. The summed E-state index contributed by atoms with van der Waals surface area (Å²) >= 11 is 1.63. The van der Waals surface area contributed by atoms with Crippen molar-refractivity contribution in [2.75, 3.05) is 10.2 Å². The van der Waals surface area contributed by atoms with Crippen molar-refractivity contribution in [2.24, 2.45) is 0 Å². The highest BCUT2D eigenvalue weighted by atomic mass is 32.1. The molecule has 0 spiro atoms. The smallest absolute Gasteiger partial charge is 0.260 e. The fourth-order valence-electron chi connectivity index (χ4n) is 3.84. The van der Waals surface area contributed by atoms with Crippen LogP contribution in [0.2, 0.25) is 0 Å². The van der Waals surface area contributed by atoms with Gasteiger partial charge in [-0.05, 0) is 66.4 Å². The Morgan fingerprint density at radius 3 is 2.71 bits per heavy atom. The van der Waals surface area contributed by atoms with Crippen molar-refractivity contribution in [3.05, 3.63) is 93.6 Å². The molecule has 1 N–H and O–H groups in total. The SMILES string of the molecule is Cc1sccc1CC(=O)Nc1ccc(C(=O)N2Cc3cccn3Cc3ccoc32)cc1. The zero-order valence-corrected chi connectivity index (χ0v) is 17.8. The predicted molar refractivity (Wildman–Crippen MR) is 121 cm³/mol. The van der Waals surface area contributed by atoms with E-state index in [-0.39, 0.29) is 11.8 Å².